The average Bonchev–Trinajstić information content (AvgIpc) is 2.36. The normalized spacial score (nSPS) is 17.3. The molecule has 6 heteroatoms. The Morgan fingerprint density at radius 3 is 2.40 bits per heavy atom. The molecule has 2 rings (SSSR count). The van der Waals surface area contributed by atoms with Gasteiger partial charge in [-0.1, -0.05) is 32.1 Å². The van der Waals surface area contributed by atoms with E-state index < -0.39 is 10.7 Å². The highest BCUT2D eigenvalue weighted by Crippen LogP contribution is 2.31. The van der Waals surface area contributed by atoms with Gasteiger partial charge in [-0.05, 0) is 35.4 Å². The molecule has 0 spiro atoms. The third-order valence-electron chi connectivity index (χ3n) is 3.70. The quantitative estimate of drug-likeness (QED) is 0.454. The summed E-state index contributed by atoms with van der Waals surface area (Å²) in [6.07, 6.45) is 7.92. The number of nitrogens with zero attached hydrogens (tertiary/aromatic N) is 1. The minimum Gasteiger partial charge on any atom is -0.377 e. The van der Waals surface area contributed by atoms with Crippen LogP contribution in [0.2, 0.25) is 0 Å². The molecule has 0 aliphatic heterocycles. The van der Waals surface area contributed by atoms with Gasteiger partial charge in [-0.3, -0.25) is 10.1 Å². The lowest BCUT2D eigenvalue weighted by molar-refractivity contribution is -0.384. The molecule has 1 aromatic carbocycles. The van der Waals surface area contributed by atoms with Gasteiger partial charge in [0.2, 0.25) is 0 Å². The van der Waals surface area contributed by atoms with Crippen molar-refractivity contribution in [3.05, 3.63) is 31.6 Å². The van der Waals surface area contributed by atoms with Gasteiger partial charge in [0.15, 0.2) is 0 Å². The topological polar surface area (TPSA) is 55.2 Å². The zero-order valence-corrected chi connectivity index (χ0v) is 13.4. The molecule has 1 aliphatic rings. The Bertz CT molecular complexity index is 488. The molecule has 0 unspecified atom stereocenters. The highest BCUT2D eigenvalue weighted by molar-refractivity contribution is 14.1. The van der Waals surface area contributed by atoms with Crippen LogP contribution in [0.25, 0.3) is 0 Å². The lowest BCUT2D eigenvalue weighted by Gasteiger charge is -2.22. The van der Waals surface area contributed by atoms with Crippen molar-refractivity contribution in [3.8, 4) is 0 Å². The Kier molecular flexibility index (Phi) is 5.56. The molecule has 1 fully saturated rings. The second-order valence-electron chi connectivity index (χ2n) is 5.23. The van der Waals surface area contributed by atoms with E-state index in [-0.39, 0.29) is 15.3 Å². The van der Waals surface area contributed by atoms with Crippen molar-refractivity contribution in [1.29, 1.82) is 0 Å². The van der Waals surface area contributed by atoms with Crippen LogP contribution in [-0.2, 0) is 0 Å². The molecule has 0 heterocycles. The number of hydrogen-bond donors (Lipinski definition) is 1. The van der Waals surface area contributed by atoms with E-state index in [9.17, 15) is 14.5 Å². The zero-order valence-electron chi connectivity index (χ0n) is 11.2. The van der Waals surface area contributed by atoms with Gasteiger partial charge in [-0.2, -0.15) is 0 Å². The summed E-state index contributed by atoms with van der Waals surface area (Å²) in [4.78, 5) is 10.6. The monoisotopic (exact) mass is 392 g/mol. The summed E-state index contributed by atoms with van der Waals surface area (Å²) in [5.74, 6) is -0.412. The first-order chi connectivity index (χ1) is 9.58. The van der Waals surface area contributed by atoms with Crippen LogP contribution < -0.4 is 5.32 Å². The highest BCUT2D eigenvalue weighted by atomic mass is 127. The molecule has 1 saturated carbocycles. The van der Waals surface area contributed by atoms with Crippen molar-refractivity contribution in [3.63, 3.8) is 0 Å². The van der Waals surface area contributed by atoms with Crippen LogP contribution in [0, 0.1) is 19.5 Å². The summed E-state index contributed by atoms with van der Waals surface area (Å²) in [6, 6.07) is 2.74. The standard InChI is InChI=1S/C14H18FIN2O2/c15-11-8-13(14(18(19)20)9-12(11)16)17-10-6-4-2-1-3-5-7-10/h8-10,17H,1-7H2. The second-order valence-corrected chi connectivity index (χ2v) is 6.39. The van der Waals surface area contributed by atoms with Crippen LogP contribution >= 0.6 is 22.6 Å². The van der Waals surface area contributed by atoms with Gasteiger partial charge < -0.3 is 5.32 Å². The van der Waals surface area contributed by atoms with E-state index in [0.29, 0.717) is 5.69 Å². The maximum atomic E-state index is 13.7. The third-order valence-corrected chi connectivity index (χ3v) is 4.53. The first-order valence-corrected chi connectivity index (χ1v) is 8.06. The van der Waals surface area contributed by atoms with Crippen molar-refractivity contribution >= 4 is 34.0 Å². The van der Waals surface area contributed by atoms with Crippen LogP contribution in [0.1, 0.15) is 44.9 Å². The fourth-order valence-corrected chi connectivity index (χ4v) is 3.07. The minimum absolute atomic E-state index is 0.0436. The number of anilines is 1. The van der Waals surface area contributed by atoms with Gasteiger partial charge in [0.1, 0.15) is 11.5 Å². The van der Waals surface area contributed by atoms with Crippen LogP contribution in [0.3, 0.4) is 0 Å². The average molecular weight is 392 g/mol. The fourth-order valence-electron chi connectivity index (χ4n) is 2.62. The van der Waals surface area contributed by atoms with Gasteiger partial charge in [0.25, 0.3) is 5.69 Å². The summed E-state index contributed by atoms with van der Waals surface area (Å²) in [7, 11) is 0. The number of halogens is 2. The van der Waals surface area contributed by atoms with Crippen LogP contribution in [-0.4, -0.2) is 11.0 Å². The fraction of sp³-hybridized carbons (Fsp3) is 0.571. The molecule has 1 N–H and O–H groups in total. The summed E-state index contributed by atoms with van der Waals surface area (Å²) in [5.41, 5.74) is 0.261. The maximum Gasteiger partial charge on any atom is 0.293 e. The molecule has 1 aromatic rings. The Balaban J connectivity index is 2.18. The molecular formula is C14H18FIN2O2. The second kappa shape index (κ2) is 7.19. The summed E-state index contributed by atoms with van der Waals surface area (Å²) < 4.78 is 13.9. The minimum atomic E-state index is -0.452. The van der Waals surface area contributed by atoms with E-state index in [1.54, 1.807) is 22.6 Å². The Morgan fingerprint density at radius 1 is 1.20 bits per heavy atom. The van der Waals surface area contributed by atoms with Crippen molar-refractivity contribution in [2.75, 3.05) is 5.32 Å². The van der Waals surface area contributed by atoms with Crippen molar-refractivity contribution in [2.45, 2.75) is 51.0 Å². The van der Waals surface area contributed by atoms with E-state index in [0.717, 1.165) is 25.7 Å². The zero-order chi connectivity index (χ0) is 14.5. The van der Waals surface area contributed by atoms with Gasteiger partial charge >= 0.3 is 0 Å². The Morgan fingerprint density at radius 2 is 1.80 bits per heavy atom. The number of benzene rings is 1. The molecule has 0 saturated heterocycles. The molecule has 1 aliphatic carbocycles. The van der Waals surface area contributed by atoms with Crippen molar-refractivity contribution in [2.24, 2.45) is 0 Å². The van der Waals surface area contributed by atoms with Gasteiger partial charge in [0, 0.05) is 18.2 Å². The van der Waals surface area contributed by atoms with Crippen LogP contribution in [0.4, 0.5) is 15.8 Å². The van der Waals surface area contributed by atoms with Gasteiger partial charge in [0.05, 0.1) is 8.49 Å². The molecule has 0 radical (unpaired) electrons. The van der Waals surface area contributed by atoms with E-state index >= 15 is 0 Å². The van der Waals surface area contributed by atoms with Crippen molar-refractivity contribution in [1.82, 2.24) is 0 Å². The predicted molar refractivity (Wildman–Crippen MR) is 85.5 cm³/mol. The largest absolute Gasteiger partial charge is 0.377 e. The first-order valence-electron chi connectivity index (χ1n) is 6.98. The molecule has 0 atom stereocenters. The van der Waals surface area contributed by atoms with Crippen molar-refractivity contribution < 1.29 is 9.31 Å². The number of nitro groups is 1. The summed E-state index contributed by atoms with van der Waals surface area (Å²) in [5, 5.41) is 14.3. The van der Waals surface area contributed by atoms with Crippen LogP contribution in [0.15, 0.2) is 12.1 Å². The molecular weight excluding hydrogens is 374 g/mol. The first kappa shape index (κ1) is 15.5. The number of rotatable bonds is 3. The van der Waals surface area contributed by atoms with Gasteiger partial charge in [-0.25, -0.2) is 4.39 Å². The summed E-state index contributed by atoms with van der Waals surface area (Å²) in [6.45, 7) is 0. The molecule has 110 valence electrons. The number of nitrogens with one attached hydrogen (secondary N) is 1. The predicted octanol–water partition coefficient (Wildman–Crippen LogP) is 4.86. The molecule has 0 amide bonds. The molecule has 4 nitrogen and oxygen atoms in total. The number of hydrogen-bond acceptors (Lipinski definition) is 3. The molecule has 20 heavy (non-hydrogen) atoms. The third kappa shape index (κ3) is 4.04. The van der Waals surface area contributed by atoms with E-state index in [1.807, 2.05) is 0 Å². The Labute approximate surface area is 131 Å². The van der Waals surface area contributed by atoms with E-state index in [1.165, 1.54) is 31.4 Å². The van der Waals surface area contributed by atoms with Gasteiger partial charge in [-0.15, -0.1) is 0 Å². The lowest BCUT2D eigenvalue weighted by Crippen LogP contribution is -2.21. The Hall–Kier alpha value is -0.920. The smallest absolute Gasteiger partial charge is 0.293 e. The maximum absolute atomic E-state index is 13.7. The highest BCUT2D eigenvalue weighted by Gasteiger charge is 2.20. The van der Waals surface area contributed by atoms with E-state index in [2.05, 4.69) is 5.32 Å². The van der Waals surface area contributed by atoms with Crippen LogP contribution in [0.5, 0.6) is 0 Å². The lowest BCUT2D eigenvalue weighted by atomic mass is 9.96. The number of nitro benzene ring substituents is 1. The van der Waals surface area contributed by atoms with E-state index in [4.69, 9.17) is 0 Å². The molecule has 0 bridgehead atoms. The SMILES string of the molecule is O=[N+]([O-])c1cc(I)c(F)cc1NC1CCCCCCC1. The summed E-state index contributed by atoms with van der Waals surface area (Å²) >= 11 is 1.77. The molecule has 0 aromatic heterocycles.